The van der Waals surface area contributed by atoms with Gasteiger partial charge in [-0.2, -0.15) is 5.26 Å². The van der Waals surface area contributed by atoms with Gasteiger partial charge >= 0.3 is 0 Å². The predicted octanol–water partition coefficient (Wildman–Crippen LogP) is -0.551. The molecule has 0 saturated heterocycles. The molecule has 6 heteroatoms. The minimum absolute atomic E-state index is 0.107. The van der Waals surface area contributed by atoms with E-state index in [1.807, 2.05) is 0 Å². The van der Waals surface area contributed by atoms with Gasteiger partial charge in [-0.05, 0) is 6.92 Å². The molecule has 0 spiro atoms. The second kappa shape index (κ2) is 4.82. The summed E-state index contributed by atoms with van der Waals surface area (Å²) in [7, 11) is -3.08. The molecule has 0 aromatic rings. The van der Waals surface area contributed by atoms with E-state index in [0.717, 1.165) is 6.26 Å². The van der Waals surface area contributed by atoms with Crippen molar-refractivity contribution in [2.75, 3.05) is 12.0 Å². The number of nitriles is 1. The maximum atomic E-state index is 10.8. The van der Waals surface area contributed by atoms with Gasteiger partial charge in [-0.3, -0.25) is 4.79 Å². The van der Waals surface area contributed by atoms with E-state index in [2.05, 4.69) is 5.32 Å². The summed E-state index contributed by atoms with van der Waals surface area (Å²) >= 11 is 0. The zero-order valence-corrected chi connectivity index (χ0v) is 8.39. The van der Waals surface area contributed by atoms with Crippen molar-refractivity contribution in [1.82, 2.24) is 5.32 Å². The Morgan fingerprint density at radius 3 is 2.54 bits per heavy atom. The molecule has 0 aliphatic rings. The number of nitrogens with one attached hydrogen (secondary N) is 1. The van der Waals surface area contributed by atoms with E-state index in [4.69, 9.17) is 5.26 Å². The van der Waals surface area contributed by atoms with Crippen molar-refractivity contribution in [2.24, 2.45) is 0 Å². The summed E-state index contributed by atoms with van der Waals surface area (Å²) in [5, 5.41) is 10.5. The number of hydrogen-bond acceptors (Lipinski definition) is 4. The summed E-state index contributed by atoms with van der Waals surface area (Å²) < 4.78 is 21.5. The van der Waals surface area contributed by atoms with Crippen molar-refractivity contribution in [3.63, 3.8) is 0 Å². The number of rotatable bonds is 4. The van der Waals surface area contributed by atoms with Crippen molar-refractivity contribution in [2.45, 2.75) is 19.4 Å². The average Bonchev–Trinajstić information content (AvgIpc) is 1.81. The molecule has 1 unspecified atom stereocenters. The maximum Gasteiger partial charge on any atom is 0.234 e. The van der Waals surface area contributed by atoms with E-state index in [1.165, 1.54) is 0 Å². The summed E-state index contributed by atoms with van der Waals surface area (Å²) in [5.74, 6) is -0.553. The molecule has 0 fully saturated rings. The highest BCUT2D eigenvalue weighted by Gasteiger charge is 2.12. The molecule has 0 saturated carbocycles. The Labute approximate surface area is 77.7 Å². The van der Waals surface area contributed by atoms with Crippen LogP contribution in [-0.2, 0) is 14.6 Å². The molecule has 0 aliphatic carbocycles. The van der Waals surface area contributed by atoms with Crippen LogP contribution in [0.15, 0.2) is 0 Å². The number of sulfone groups is 1. The van der Waals surface area contributed by atoms with Gasteiger partial charge < -0.3 is 5.32 Å². The highest BCUT2D eigenvalue weighted by molar-refractivity contribution is 7.90. The van der Waals surface area contributed by atoms with Gasteiger partial charge in [0.1, 0.15) is 16.3 Å². The Kier molecular flexibility index (Phi) is 4.42. The summed E-state index contributed by atoms with van der Waals surface area (Å²) in [6.07, 6.45) is 0.855. The second-order valence-corrected chi connectivity index (χ2v) is 5.08. The molecule has 0 aromatic heterocycles. The van der Waals surface area contributed by atoms with Gasteiger partial charge in [-0.25, -0.2) is 8.42 Å². The largest absolute Gasteiger partial charge is 0.352 e. The smallest absolute Gasteiger partial charge is 0.234 e. The van der Waals surface area contributed by atoms with E-state index in [-0.39, 0.29) is 12.2 Å². The molecule has 13 heavy (non-hydrogen) atoms. The molecule has 0 rings (SSSR count). The molecular weight excluding hydrogens is 192 g/mol. The van der Waals surface area contributed by atoms with Gasteiger partial charge in [0.15, 0.2) is 0 Å². The monoisotopic (exact) mass is 204 g/mol. The fourth-order valence-corrected chi connectivity index (χ4v) is 1.89. The third-order valence-electron chi connectivity index (χ3n) is 1.20. The molecule has 5 nitrogen and oxygen atoms in total. The molecule has 0 bridgehead atoms. The van der Waals surface area contributed by atoms with E-state index in [0.29, 0.717) is 0 Å². The molecule has 1 amide bonds. The molecule has 0 radical (unpaired) electrons. The molecule has 74 valence electrons. The number of hydrogen-bond donors (Lipinski definition) is 1. The van der Waals surface area contributed by atoms with Crippen molar-refractivity contribution < 1.29 is 13.2 Å². The molecule has 1 N–H and O–H groups in total. The zero-order valence-electron chi connectivity index (χ0n) is 7.57. The van der Waals surface area contributed by atoms with Gasteiger partial charge in [0.25, 0.3) is 0 Å². The summed E-state index contributed by atoms with van der Waals surface area (Å²) in [5.41, 5.74) is 0. The van der Waals surface area contributed by atoms with E-state index in [9.17, 15) is 13.2 Å². The van der Waals surface area contributed by atoms with Gasteiger partial charge in [0.05, 0.1) is 11.8 Å². The summed E-state index contributed by atoms with van der Waals surface area (Å²) in [6.45, 7) is 1.58. The Bertz CT molecular complexity index is 315. The first-order valence-corrected chi connectivity index (χ1v) is 5.75. The quantitative estimate of drug-likeness (QED) is 0.665. The minimum Gasteiger partial charge on any atom is -0.352 e. The van der Waals surface area contributed by atoms with Gasteiger partial charge in [0, 0.05) is 12.3 Å². The molecule has 0 aromatic carbocycles. The van der Waals surface area contributed by atoms with Gasteiger partial charge in [-0.15, -0.1) is 0 Å². The second-order valence-electron chi connectivity index (χ2n) is 2.90. The molecule has 1 atom stereocenters. The highest BCUT2D eigenvalue weighted by Crippen LogP contribution is 1.90. The Hall–Kier alpha value is -1.09. The van der Waals surface area contributed by atoms with Crippen LogP contribution >= 0.6 is 0 Å². The van der Waals surface area contributed by atoms with Gasteiger partial charge in [0.2, 0.25) is 5.91 Å². The number of carbonyl (C=O) groups is 1. The SMILES string of the molecule is CC(CS(C)(=O)=O)NC(=O)CC#N. The van der Waals surface area contributed by atoms with E-state index < -0.39 is 21.8 Å². The standard InChI is InChI=1S/C7H12N2O3S/c1-6(5-13(2,11)12)9-7(10)3-4-8/h6H,3,5H2,1-2H3,(H,9,10). The first-order chi connectivity index (χ1) is 5.85. The van der Waals surface area contributed by atoms with Crippen LogP contribution in [0, 0.1) is 11.3 Å². The van der Waals surface area contributed by atoms with Crippen LogP contribution in [0.25, 0.3) is 0 Å². The Morgan fingerprint density at radius 1 is 1.62 bits per heavy atom. The topological polar surface area (TPSA) is 87.0 Å². The van der Waals surface area contributed by atoms with Crippen molar-refractivity contribution in [3.05, 3.63) is 0 Å². The van der Waals surface area contributed by atoms with Crippen molar-refractivity contribution in [3.8, 4) is 6.07 Å². The van der Waals surface area contributed by atoms with Crippen LogP contribution in [0.5, 0.6) is 0 Å². The van der Waals surface area contributed by atoms with Gasteiger partial charge in [-0.1, -0.05) is 0 Å². The summed E-state index contributed by atoms with van der Waals surface area (Å²) in [4.78, 5) is 10.8. The average molecular weight is 204 g/mol. The Balaban J connectivity index is 3.97. The third kappa shape index (κ3) is 7.28. The lowest BCUT2D eigenvalue weighted by Crippen LogP contribution is -2.36. The number of amides is 1. The van der Waals surface area contributed by atoms with Crippen molar-refractivity contribution in [1.29, 1.82) is 5.26 Å². The normalized spacial score (nSPS) is 13.0. The number of nitrogens with zero attached hydrogens (tertiary/aromatic N) is 1. The van der Waals surface area contributed by atoms with Crippen LogP contribution in [0.4, 0.5) is 0 Å². The lowest BCUT2D eigenvalue weighted by atomic mass is 10.3. The number of carbonyl (C=O) groups excluding carboxylic acids is 1. The zero-order chi connectivity index (χ0) is 10.5. The fourth-order valence-electron chi connectivity index (χ4n) is 0.893. The summed E-state index contributed by atoms with van der Waals surface area (Å²) in [6, 6.07) is 1.23. The van der Waals surface area contributed by atoms with E-state index in [1.54, 1.807) is 13.0 Å². The lowest BCUT2D eigenvalue weighted by molar-refractivity contribution is -0.120. The molecular formula is C7H12N2O3S. The minimum atomic E-state index is -3.08. The van der Waals surface area contributed by atoms with E-state index >= 15 is 0 Å². The maximum absolute atomic E-state index is 10.8. The highest BCUT2D eigenvalue weighted by atomic mass is 32.2. The molecule has 0 aliphatic heterocycles. The first kappa shape index (κ1) is 11.9. The molecule has 0 heterocycles. The van der Waals surface area contributed by atoms with Crippen LogP contribution < -0.4 is 5.32 Å². The third-order valence-corrected chi connectivity index (χ3v) is 2.31. The lowest BCUT2D eigenvalue weighted by Gasteiger charge is -2.10. The van der Waals surface area contributed by atoms with Crippen molar-refractivity contribution >= 4 is 15.7 Å². The van der Waals surface area contributed by atoms with Crippen LogP contribution in [0.1, 0.15) is 13.3 Å². The fraction of sp³-hybridized carbons (Fsp3) is 0.714. The first-order valence-electron chi connectivity index (χ1n) is 3.69. The van der Waals surface area contributed by atoms with Crippen LogP contribution in [0.3, 0.4) is 0 Å². The van der Waals surface area contributed by atoms with Crippen LogP contribution in [-0.4, -0.2) is 32.4 Å². The Morgan fingerprint density at radius 2 is 2.15 bits per heavy atom. The van der Waals surface area contributed by atoms with Crippen LogP contribution in [0.2, 0.25) is 0 Å². The predicted molar refractivity (Wildman–Crippen MR) is 47.5 cm³/mol.